The lowest BCUT2D eigenvalue weighted by Crippen LogP contribution is -2.17. The van der Waals surface area contributed by atoms with Crippen molar-refractivity contribution >= 4 is 10.8 Å². The van der Waals surface area contributed by atoms with E-state index < -0.39 is 0 Å². The van der Waals surface area contributed by atoms with E-state index in [2.05, 4.69) is 0 Å². The van der Waals surface area contributed by atoms with E-state index in [1.807, 2.05) is 49.4 Å². The molecule has 0 atom stereocenters. The predicted octanol–water partition coefficient (Wildman–Crippen LogP) is 3.00. The number of nitrogens with zero attached hydrogens (tertiary/aromatic N) is 1. The number of benzene rings is 2. The van der Waals surface area contributed by atoms with Crippen LogP contribution in [0.2, 0.25) is 0 Å². The summed E-state index contributed by atoms with van der Waals surface area (Å²) >= 11 is 0. The first kappa shape index (κ1) is 11.5. The van der Waals surface area contributed by atoms with E-state index in [1.165, 1.54) is 10.6 Å². The Kier molecular flexibility index (Phi) is 2.60. The summed E-state index contributed by atoms with van der Waals surface area (Å²) in [5, 5.41) is 11.8. The second kappa shape index (κ2) is 4.28. The Morgan fingerprint density at radius 2 is 1.79 bits per heavy atom. The molecule has 0 amide bonds. The van der Waals surface area contributed by atoms with Crippen molar-refractivity contribution in [3.05, 3.63) is 70.5 Å². The van der Waals surface area contributed by atoms with Gasteiger partial charge in [-0.05, 0) is 36.1 Å². The minimum absolute atomic E-state index is 0.0197. The molecule has 0 spiro atoms. The zero-order chi connectivity index (χ0) is 13.4. The first-order valence-electron chi connectivity index (χ1n) is 6.07. The van der Waals surface area contributed by atoms with Crippen molar-refractivity contribution in [1.29, 1.82) is 0 Å². The van der Waals surface area contributed by atoms with E-state index in [0.717, 1.165) is 10.9 Å². The van der Waals surface area contributed by atoms with E-state index in [9.17, 15) is 9.90 Å². The lowest BCUT2D eigenvalue weighted by Gasteiger charge is -2.11. The summed E-state index contributed by atoms with van der Waals surface area (Å²) in [6.45, 7) is 1.95. The highest BCUT2D eigenvalue weighted by Crippen LogP contribution is 2.25. The van der Waals surface area contributed by atoms with Crippen LogP contribution < -0.4 is 5.56 Å². The van der Waals surface area contributed by atoms with E-state index in [1.54, 1.807) is 6.07 Å². The number of rotatable bonds is 1. The Labute approximate surface area is 110 Å². The zero-order valence-electron chi connectivity index (χ0n) is 10.5. The van der Waals surface area contributed by atoms with Gasteiger partial charge in [-0.3, -0.25) is 4.79 Å². The molecule has 94 valence electrons. The van der Waals surface area contributed by atoms with Gasteiger partial charge in [0.1, 0.15) is 0 Å². The Hall–Kier alpha value is -2.55. The van der Waals surface area contributed by atoms with E-state index in [0.29, 0.717) is 11.1 Å². The third-order valence-corrected chi connectivity index (χ3v) is 3.17. The number of fused-ring (bicyclic) bond motifs is 1. The number of aromatic nitrogens is 1. The van der Waals surface area contributed by atoms with Crippen molar-refractivity contribution in [1.82, 2.24) is 4.57 Å². The van der Waals surface area contributed by atoms with Crippen LogP contribution in [0.1, 0.15) is 5.56 Å². The molecule has 3 nitrogen and oxygen atoms in total. The molecule has 0 aliphatic carbocycles. The summed E-state index contributed by atoms with van der Waals surface area (Å²) in [7, 11) is 0. The Bertz CT molecular complexity index is 818. The highest BCUT2D eigenvalue weighted by molar-refractivity contribution is 5.87. The van der Waals surface area contributed by atoms with Gasteiger partial charge in [0.2, 0.25) is 5.88 Å². The molecule has 3 rings (SSSR count). The predicted molar refractivity (Wildman–Crippen MR) is 75.9 cm³/mol. The molecule has 0 saturated heterocycles. The highest BCUT2D eigenvalue weighted by atomic mass is 16.3. The van der Waals surface area contributed by atoms with Crippen LogP contribution in [0.5, 0.6) is 5.88 Å². The summed E-state index contributed by atoms with van der Waals surface area (Å²) in [6.07, 6.45) is 0. The van der Waals surface area contributed by atoms with Crippen molar-refractivity contribution in [2.24, 2.45) is 0 Å². The van der Waals surface area contributed by atoms with E-state index in [4.69, 9.17) is 0 Å². The molecule has 0 aliphatic rings. The number of hydrogen-bond acceptors (Lipinski definition) is 2. The topological polar surface area (TPSA) is 42.2 Å². The second-order valence-corrected chi connectivity index (χ2v) is 4.57. The fourth-order valence-electron chi connectivity index (χ4n) is 2.27. The van der Waals surface area contributed by atoms with E-state index >= 15 is 0 Å². The van der Waals surface area contributed by atoms with Gasteiger partial charge in [0, 0.05) is 11.5 Å². The molecule has 3 heteroatoms. The number of aromatic hydroxyl groups is 1. The second-order valence-electron chi connectivity index (χ2n) is 4.57. The number of pyridine rings is 1. The minimum Gasteiger partial charge on any atom is -0.494 e. The van der Waals surface area contributed by atoms with Crippen LogP contribution in [0, 0.1) is 6.92 Å². The minimum atomic E-state index is -0.234. The summed E-state index contributed by atoms with van der Waals surface area (Å²) in [6, 6.07) is 16.3. The van der Waals surface area contributed by atoms with Gasteiger partial charge < -0.3 is 5.11 Å². The molecule has 19 heavy (non-hydrogen) atoms. The van der Waals surface area contributed by atoms with Crippen molar-refractivity contribution < 1.29 is 5.11 Å². The van der Waals surface area contributed by atoms with Gasteiger partial charge in [-0.25, -0.2) is 4.57 Å². The van der Waals surface area contributed by atoms with Crippen LogP contribution in [0.15, 0.2) is 59.4 Å². The van der Waals surface area contributed by atoms with E-state index in [-0.39, 0.29) is 11.4 Å². The molecule has 0 saturated carbocycles. The number of hydrogen-bond donors (Lipinski definition) is 1. The molecular formula is C16H13NO2. The van der Waals surface area contributed by atoms with Crippen molar-refractivity contribution in [2.75, 3.05) is 0 Å². The van der Waals surface area contributed by atoms with Crippen LogP contribution in [-0.4, -0.2) is 9.67 Å². The quantitative estimate of drug-likeness (QED) is 0.722. The van der Waals surface area contributed by atoms with Gasteiger partial charge >= 0.3 is 0 Å². The van der Waals surface area contributed by atoms with Crippen LogP contribution in [0.4, 0.5) is 0 Å². The molecule has 3 aromatic rings. The maximum atomic E-state index is 12.2. The molecule has 0 unspecified atom stereocenters. The lowest BCUT2D eigenvalue weighted by molar-refractivity contribution is 0.443. The normalized spacial score (nSPS) is 10.8. The molecule has 0 aliphatic heterocycles. The summed E-state index contributed by atoms with van der Waals surface area (Å²) in [5.41, 5.74) is 1.48. The Morgan fingerprint density at radius 1 is 1.00 bits per heavy atom. The van der Waals surface area contributed by atoms with Crippen LogP contribution in [0.3, 0.4) is 0 Å². The SMILES string of the molecule is Cc1cccc(-n2c(O)c3ccccc3cc2=O)c1. The fourth-order valence-corrected chi connectivity index (χ4v) is 2.27. The summed E-state index contributed by atoms with van der Waals surface area (Å²) in [5.74, 6) is -0.0197. The van der Waals surface area contributed by atoms with Gasteiger partial charge in [-0.2, -0.15) is 0 Å². The number of aryl methyl sites for hydroxylation is 1. The average Bonchev–Trinajstić information content (AvgIpc) is 2.39. The Morgan fingerprint density at radius 3 is 2.58 bits per heavy atom. The summed E-state index contributed by atoms with van der Waals surface area (Å²) < 4.78 is 1.33. The molecule has 1 N–H and O–H groups in total. The summed E-state index contributed by atoms with van der Waals surface area (Å²) in [4.78, 5) is 12.2. The Balaban J connectivity index is 2.39. The third kappa shape index (κ3) is 1.89. The maximum absolute atomic E-state index is 12.2. The van der Waals surface area contributed by atoms with Gasteiger partial charge in [-0.1, -0.05) is 30.3 Å². The lowest BCUT2D eigenvalue weighted by atomic mass is 10.1. The average molecular weight is 251 g/mol. The van der Waals surface area contributed by atoms with Crippen molar-refractivity contribution in [3.8, 4) is 11.6 Å². The smallest absolute Gasteiger partial charge is 0.258 e. The zero-order valence-corrected chi connectivity index (χ0v) is 10.5. The van der Waals surface area contributed by atoms with Crippen molar-refractivity contribution in [3.63, 3.8) is 0 Å². The van der Waals surface area contributed by atoms with Crippen LogP contribution in [0.25, 0.3) is 16.5 Å². The first-order chi connectivity index (χ1) is 9.16. The van der Waals surface area contributed by atoms with Crippen LogP contribution in [-0.2, 0) is 0 Å². The third-order valence-electron chi connectivity index (χ3n) is 3.17. The molecule has 0 fully saturated rings. The fraction of sp³-hybridized carbons (Fsp3) is 0.0625. The molecule has 1 heterocycles. The van der Waals surface area contributed by atoms with Gasteiger partial charge in [0.15, 0.2) is 0 Å². The maximum Gasteiger partial charge on any atom is 0.258 e. The van der Waals surface area contributed by atoms with Gasteiger partial charge in [-0.15, -0.1) is 0 Å². The van der Waals surface area contributed by atoms with Gasteiger partial charge in [0.25, 0.3) is 5.56 Å². The largest absolute Gasteiger partial charge is 0.494 e. The molecule has 2 aromatic carbocycles. The van der Waals surface area contributed by atoms with Crippen molar-refractivity contribution in [2.45, 2.75) is 6.92 Å². The molecular weight excluding hydrogens is 238 g/mol. The van der Waals surface area contributed by atoms with Crippen LogP contribution >= 0.6 is 0 Å². The van der Waals surface area contributed by atoms with Gasteiger partial charge in [0.05, 0.1) is 5.69 Å². The molecule has 0 bridgehead atoms. The molecule has 0 radical (unpaired) electrons. The first-order valence-corrected chi connectivity index (χ1v) is 6.07. The standard InChI is InChI=1S/C16H13NO2/c1-11-5-4-7-13(9-11)17-15(18)10-12-6-2-3-8-14(12)16(17)19/h2-10,19H,1H3. The monoisotopic (exact) mass is 251 g/mol. The highest BCUT2D eigenvalue weighted by Gasteiger charge is 2.10. The molecule has 1 aromatic heterocycles.